The maximum absolute atomic E-state index is 12.7. The van der Waals surface area contributed by atoms with Gasteiger partial charge in [-0.1, -0.05) is 0 Å². The van der Waals surface area contributed by atoms with Gasteiger partial charge in [-0.05, 0) is 55.8 Å². The van der Waals surface area contributed by atoms with E-state index in [1.807, 2.05) is 7.05 Å². The van der Waals surface area contributed by atoms with Gasteiger partial charge in [-0.15, -0.1) is 0 Å². The van der Waals surface area contributed by atoms with Crippen molar-refractivity contribution in [2.75, 3.05) is 0 Å². The molecule has 1 aromatic rings. The van der Waals surface area contributed by atoms with Crippen LogP contribution in [0.3, 0.4) is 0 Å². The summed E-state index contributed by atoms with van der Waals surface area (Å²) in [5, 5.41) is 4.06. The third-order valence-electron chi connectivity index (χ3n) is 5.74. The first-order valence-corrected chi connectivity index (χ1v) is 7.56. The summed E-state index contributed by atoms with van der Waals surface area (Å²) in [6.45, 7) is 0. The maximum atomic E-state index is 12.7. The van der Waals surface area contributed by atoms with Gasteiger partial charge >= 0.3 is 0 Å². The van der Waals surface area contributed by atoms with Crippen molar-refractivity contribution in [1.82, 2.24) is 14.8 Å². The molecule has 4 aliphatic carbocycles. The maximum Gasteiger partial charge on any atom is 0.144 e. The van der Waals surface area contributed by atoms with E-state index in [-0.39, 0.29) is 0 Å². The lowest BCUT2D eigenvalue weighted by Crippen LogP contribution is -2.48. The van der Waals surface area contributed by atoms with Crippen LogP contribution in [0.25, 0.3) is 0 Å². The van der Waals surface area contributed by atoms with Crippen LogP contribution >= 0.6 is 0 Å². The molecule has 4 nitrogen and oxygen atoms in total. The van der Waals surface area contributed by atoms with Crippen LogP contribution in [0, 0.1) is 29.6 Å². The Morgan fingerprint density at radius 2 is 1.84 bits per heavy atom. The average molecular weight is 259 g/mol. The van der Waals surface area contributed by atoms with Crippen LogP contribution in [0.5, 0.6) is 0 Å². The van der Waals surface area contributed by atoms with Crippen molar-refractivity contribution in [2.24, 2.45) is 36.6 Å². The second-order valence-corrected chi connectivity index (χ2v) is 6.90. The van der Waals surface area contributed by atoms with E-state index in [1.165, 1.54) is 32.1 Å². The quantitative estimate of drug-likeness (QED) is 0.834. The van der Waals surface area contributed by atoms with E-state index in [2.05, 4.69) is 10.1 Å². The van der Waals surface area contributed by atoms with Gasteiger partial charge in [0.25, 0.3) is 0 Å². The van der Waals surface area contributed by atoms with Crippen LogP contribution in [0.4, 0.5) is 0 Å². The summed E-state index contributed by atoms with van der Waals surface area (Å²) >= 11 is 0. The zero-order valence-electron chi connectivity index (χ0n) is 11.5. The Hall–Kier alpha value is -1.19. The molecule has 0 amide bonds. The van der Waals surface area contributed by atoms with E-state index in [9.17, 15) is 4.79 Å². The molecule has 5 rings (SSSR count). The molecule has 1 aromatic heterocycles. The first kappa shape index (κ1) is 11.6. The minimum Gasteiger partial charge on any atom is -0.299 e. The number of hydrogen-bond acceptors (Lipinski definition) is 3. The van der Waals surface area contributed by atoms with Gasteiger partial charge in [0.05, 0.1) is 6.42 Å². The molecule has 19 heavy (non-hydrogen) atoms. The minimum absolute atomic E-state index is 0.324. The highest BCUT2D eigenvalue weighted by molar-refractivity contribution is 5.83. The highest BCUT2D eigenvalue weighted by Crippen LogP contribution is 2.56. The predicted octanol–water partition coefficient (Wildman–Crippen LogP) is 2.00. The standard InChI is InChI=1S/C15H21N3O/c1-18-14(16-8-17-18)7-13(19)15-11-3-9-2-10(5-11)6-12(15)4-9/h8-12,15H,2-7H2,1H3. The van der Waals surface area contributed by atoms with Crippen molar-refractivity contribution in [2.45, 2.75) is 38.5 Å². The lowest BCUT2D eigenvalue weighted by molar-refractivity contribution is -0.135. The first-order chi connectivity index (χ1) is 9.20. The molecule has 0 spiro atoms. The van der Waals surface area contributed by atoms with Crippen molar-refractivity contribution in [1.29, 1.82) is 0 Å². The zero-order valence-corrected chi connectivity index (χ0v) is 11.5. The molecule has 102 valence electrons. The molecule has 0 radical (unpaired) electrons. The highest BCUT2D eigenvalue weighted by Gasteiger charge is 2.50. The van der Waals surface area contributed by atoms with Gasteiger partial charge in [-0.3, -0.25) is 9.48 Å². The number of aryl methyl sites for hydroxylation is 1. The van der Waals surface area contributed by atoms with E-state index < -0.39 is 0 Å². The van der Waals surface area contributed by atoms with Crippen molar-refractivity contribution >= 4 is 5.78 Å². The fourth-order valence-electron chi connectivity index (χ4n) is 5.20. The topological polar surface area (TPSA) is 47.8 Å². The summed E-state index contributed by atoms with van der Waals surface area (Å²) in [6, 6.07) is 0. The number of carbonyl (C=O) groups excluding carboxylic acids is 1. The molecule has 0 saturated heterocycles. The summed E-state index contributed by atoms with van der Waals surface area (Å²) in [4.78, 5) is 16.9. The fraction of sp³-hybridized carbons (Fsp3) is 0.800. The summed E-state index contributed by atoms with van der Waals surface area (Å²) in [6.07, 6.45) is 8.69. The Morgan fingerprint density at radius 3 is 2.37 bits per heavy atom. The number of nitrogens with zero attached hydrogens (tertiary/aromatic N) is 3. The number of rotatable bonds is 3. The first-order valence-electron chi connectivity index (χ1n) is 7.56. The lowest BCUT2D eigenvalue weighted by Gasteiger charge is -2.53. The van der Waals surface area contributed by atoms with Crippen LogP contribution in [-0.4, -0.2) is 20.5 Å². The monoisotopic (exact) mass is 259 g/mol. The fourth-order valence-corrected chi connectivity index (χ4v) is 5.20. The Balaban J connectivity index is 1.53. The third-order valence-corrected chi connectivity index (χ3v) is 5.74. The number of aromatic nitrogens is 3. The van der Waals surface area contributed by atoms with Gasteiger partial charge in [0.2, 0.25) is 0 Å². The summed E-state index contributed by atoms with van der Waals surface area (Å²) in [7, 11) is 1.87. The van der Waals surface area contributed by atoms with Gasteiger partial charge in [-0.25, -0.2) is 4.98 Å². The number of Topliss-reactive ketones (excluding diaryl/α,β-unsaturated/α-hetero) is 1. The summed E-state index contributed by atoms with van der Waals surface area (Å²) < 4.78 is 1.73. The SMILES string of the molecule is Cn1ncnc1CC(=O)C1C2CC3CC(C2)CC1C3. The molecular weight excluding hydrogens is 238 g/mol. The summed E-state index contributed by atoms with van der Waals surface area (Å²) in [5.41, 5.74) is 0. The smallest absolute Gasteiger partial charge is 0.144 e. The zero-order chi connectivity index (χ0) is 13.0. The molecule has 0 unspecified atom stereocenters. The normalized spacial score (nSPS) is 39.7. The highest BCUT2D eigenvalue weighted by atomic mass is 16.1. The van der Waals surface area contributed by atoms with E-state index in [0.717, 1.165) is 17.7 Å². The van der Waals surface area contributed by atoms with Crippen molar-refractivity contribution < 1.29 is 4.79 Å². The van der Waals surface area contributed by atoms with E-state index in [0.29, 0.717) is 30.0 Å². The molecule has 0 N–H and O–H groups in total. The number of carbonyl (C=O) groups is 1. The Kier molecular flexibility index (Phi) is 2.54. The third kappa shape index (κ3) is 1.84. The van der Waals surface area contributed by atoms with Gasteiger partial charge in [0.1, 0.15) is 17.9 Å². The minimum atomic E-state index is 0.324. The number of ketones is 1. The average Bonchev–Trinajstić information content (AvgIpc) is 2.73. The number of hydrogen-bond donors (Lipinski definition) is 0. The van der Waals surface area contributed by atoms with Crippen LogP contribution < -0.4 is 0 Å². The molecule has 1 heterocycles. The van der Waals surface area contributed by atoms with Gasteiger partial charge in [0, 0.05) is 13.0 Å². The second kappa shape index (κ2) is 4.15. The Bertz CT molecular complexity index is 479. The van der Waals surface area contributed by atoms with Crippen molar-refractivity contribution in [3.05, 3.63) is 12.2 Å². The lowest BCUT2D eigenvalue weighted by atomic mass is 9.51. The molecule has 0 aliphatic heterocycles. The second-order valence-electron chi connectivity index (χ2n) is 6.90. The largest absolute Gasteiger partial charge is 0.299 e. The molecular formula is C15H21N3O. The molecule has 0 atom stereocenters. The van der Waals surface area contributed by atoms with Crippen LogP contribution in [-0.2, 0) is 18.3 Å². The van der Waals surface area contributed by atoms with Crippen LogP contribution in [0.15, 0.2) is 6.33 Å². The predicted molar refractivity (Wildman–Crippen MR) is 70.2 cm³/mol. The van der Waals surface area contributed by atoms with Gasteiger partial charge in [-0.2, -0.15) is 5.10 Å². The molecule has 4 fully saturated rings. The van der Waals surface area contributed by atoms with Gasteiger partial charge in [0.15, 0.2) is 0 Å². The van der Waals surface area contributed by atoms with Crippen molar-refractivity contribution in [3.63, 3.8) is 0 Å². The van der Waals surface area contributed by atoms with Crippen LogP contribution in [0.1, 0.15) is 37.9 Å². The van der Waals surface area contributed by atoms with Crippen molar-refractivity contribution in [3.8, 4) is 0 Å². The Morgan fingerprint density at radius 1 is 1.21 bits per heavy atom. The van der Waals surface area contributed by atoms with Gasteiger partial charge < -0.3 is 0 Å². The molecule has 0 aromatic carbocycles. The van der Waals surface area contributed by atoms with E-state index in [4.69, 9.17) is 0 Å². The molecule has 4 bridgehead atoms. The van der Waals surface area contributed by atoms with Crippen LogP contribution in [0.2, 0.25) is 0 Å². The van der Waals surface area contributed by atoms with E-state index in [1.54, 1.807) is 11.0 Å². The molecule has 4 heteroatoms. The summed E-state index contributed by atoms with van der Waals surface area (Å²) in [5.74, 6) is 4.78. The molecule has 4 saturated carbocycles. The van der Waals surface area contributed by atoms with E-state index >= 15 is 0 Å². The Labute approximate surface area is 113 Å². The molecule has 4 aliphatic rings.